The van der Waals surface area contributed by atoms with Crippen LogP contribution >= 0.6 is 24.0 Å². The lowest BCUT2D eigenvalue weighted by Crippen LogP contribution is -2.48. The summed E-state index contributed by atoms with van der Waals surface area (Å²) in [6.45, 7) is 3.22. The lowest BCUT2D eigenvalue weighted by Gasteiger charge is -2.37. The maximum absolute atomic E-state index is 13.8. The quantitative estimate of drug-likeness (QED) is 0.297. The van der Waals surface area contributed by atoms with Crippen molar-refractivity contribution in [2.75, 3.05) is 77.3 Å². The van der Waals surface area contributed by atoms with Gasteiger partial charge in [-0.25, -0.2) is 0 Å². The van der Waals surface area contributed by atoms with Gasteiger partial charge in [0.05, 0.1) is 59.2 Å². The highest BCUT2D eigenvalue weighted by molar-refractivity contribution is 8.23. The second kappa shape index (κ2) is 14.9. The number of ether oxygens (including phenoxy) is 5. The van der Waals surface area contributed by atoms with Crippen molar-refractivity contribution in [3.8, 4) is 34.5 Å². The van der Waals surface area contributed by atoms with E-state index in [0.29, 0.717) is 38.6 Å². The summed E-state index contributed by atoms with van der Waals surface area (Å²) >= 11 is 7.09. The van der Waals surface area contributed by atoms with Gasteiger partial charge in [0.25, 0.3) is 0 Å². The van der Waals surface area contributed by atoms with E-state index in [2.05, 4.69) is 15.9 Å². The molecule has 0 aromatic heterocycles. The number of piperazine rings is 1. The Morgan fingerprint density at radius 2 is 1.47 bits per heavy atom. The third kappa shape index (κ3) is 7.49. The van der Waals surface area contributed by atoms with Gasteiger partial charge in [0.1, 0.15) is 10.1 Å². The highest BCUT2D eigenvalue weighted by Crippen LogP contribution is 2.42. The van der Waals surface area contributed by atoms with Gasteiger partial charge in [-0.2, -0.15) is 0 Å². The number of aromatic hydroxyl groups is 1. The Morgan fingerprint density at radius 1 is 0.837 bits per heavy atom. The van der Waals surface area contributed by atoms with Crippen molar-refractivity contribution in [3.63, 3.8) is 0 Å². The number of carbonyl (C=O) groups excluding carboxylic acids is 1. The van der Waals surface area contributed by atoms with E-state index in [4.69, 9.17) is 35.9 Å². The summed E-state index contributed by atoms with van der Waals surface area (Å²) < 4.78 is 27.9. The molecule has 0 spiro atoms. The molecule has 43 heavy (non-hydrogen) atoms. The molecule has 3 aromatic rings. The van der Waals surface area contributed by atoms with Crippen LogP contribution in [0.5, 0.6) is 34.5 Å². The zero-order valence-corrected chi connectivity index (χ0v) is 26.6. The van der Waals surface area contributed by atoms with Gasteiger partial charge < -0.3 is 43.5 Å². The molecule has 10 nitrogen and oxygen atoms in total. The number of amides is 1. The molecule has 1 heterocycles. The second-order valence-electron chi connectivity index (χ2n) is 9.57. The first-order valence-electron chi connectivity index (χ1n) is 13.6. The van der Waals surface area contributed by atoms with E-state index in [1.165, 1.54) is 40.2 Å². The van der Waals surface area contributed by atoms with E-state index in [1.807, 2.05) is 18.2 Å². The lowest BCUT2D eigenvalue weighted by molar-refractivity contribution is -0.116. The minimum absolute atomic E-state index is 0.0138. The van der Waals surface area contributed by atoms with Gasteiger partial charge in [-0.05, 0) is 29.8 Å². The third-order valence-corrected chi connectivity index (χ3v) is 8.64. The molecular formula is C31H37N3O7S2. The van der Waals surface area contributed by atoms with Crippen molar-refractivity contribution < 1.29 is 33.6 Å². The molecule has 3 aromatic carbocycles. The van der Waals surface area contributed by atoms with E-state index in [1.54, 1.807) is 42.3 Å². The van der Waals surface area contributed by atoms with Gasteiger partial charge in [0, 0.05) is 38.3 Å². The topological polar surface area (TPSA) is 93.2 Å². The first-order valence-corrected chi connectivity index (χ1v) is 15.0. The number of methoxy groups -OCH3 is 5. The van der Waals surface area contributed by atoms with Crippen LogP contribution in [0.4, 0.5) is 11.4 Å². The Hall–Kier alpha value is -4.03. The lowest BCUT2D eigenvalue weighted by atomic mass is 10.1. The molecule has 1 aliphatic heterocycles. The number of thiocarbonyl (C=S) groups is 1. The molecular weight excluding hydrogens is 590 g/mol. The van der Waals surface area contributed by atoms with Crippen LogP contribution in [-0.2, 0) is 11.3 Å². The van der Waals surface area contributed by atoms with Crippen molar-refractivity contribution in [2.45, 2.75) is 6.54 Å². The molecule has 0 unspecified atom stereocenters. The summed E-state index contributed by atoms with van der Waals surface area (Å²) in [5.41, 5.74) is 2.32. The summed E-state index contributed by atoms with van der Waals surface area (Å²) in [4.78, 5) is 19.8. The molecule has 230 valence electrons. The van der Waals surface area contributed by atoms with Crippen LogP contribution in [0.15, 0.2) is 54.6 Å². The van der Waals surface area contributed by atoms with Gasteiger partial charge >= 0.3 is 0 Å². The number of phenolic OH excluding ortho intramolecular Hbond substituents is 1. The summed E-state index contributed by atoms with van der Waals surface area (Å²) in [6.07, 6.45) is 0. The fraction of sp³-hybridized carbons (Fsp3) is 0.355. The zero-order valence-electron chi connectivity index (χ0n) is 25.0. The number of phenols is 1. The predicted molar refractivity (Wildman–Crippen MR) is 174 cm³/mol. The number of anilines is 2. The fourth-order valence-electron chi connectivity index (χ4n) is 4.88. The minimum atomic E-state index is -0.176. The van der Waals surface area contributed by atoms with Gasteiger partial charge in [0.2, 0.25) is 11.7 Å². The average molecular weight is 628 g/mol. The molecule has 0 bridgehead atoms. The Kier molecular flexibility index (Phi) is 11.1. The Balaban J connectivity index is 1.49. The van der Waals surface area contributed by atoms with Crippen molar-refractivity contribution >= 4 is 45.6 Å². The molecule has 0 saturated carbocycles. The fourth-order valence-corrected chi connectivity index (χ4v) is 6.00. The van der Waals surface area contributed by atoms with Crippen LogP contribution in [-0.4, -0.2) is 87.7 Å². The number of hydrogen-bond acceptors (Lipinski definition) is 10. The molecule has 1 aliphatic rings. The largest absolute Gasteiger partial charge is 0.504 e. The number of carbonyl (C=O) groups is 1. The summed E-state index contributed by atoms with van der Waals surface area (Å²) in [5, 5.41) is 10.4. The molecule has 12 heteroatoms. The molecule has 1 amide bonds. The third-order valence-electron chi connectivity index (χ3n) is 7.13. The first-order chi connectivity index (χ1) is 20.8. The molecule has 0 atom stereocenters. The molecule has 1 fully saturated rings. The second-order valence-corrected chi connectivity index (χ2v) is 11.2. The summed E-state index contributed by atoms with van der Waals surface area (Å²) in [6, 6.07) is 16.5. The predicted octanol–water partition coefficient (Wildman–Crippen LogP) is 4.81. The molecule has 0 aliphatic carbocycles. The SMILES string of the molecule is COc1ccc(CN(C(=O)CSC(=S)N2CCN(c3ccccc3OC)CC2)c2cc(OC)c(OC)c(OC)c2)cc1O. The van der Waals surface area contributed by atoms with Crippen molar-refractivity contribution in [2.24, 2.45) is 0 Å². The highest BCUT2D eigenvalue weighted by Gasteiger charge is 2.25. The zero-order chi connectivity index (χ0) is 30.9. The van der Waals surface area contributed by atoms with Crippen LogP contribution in [0, 0.1) is 0 Å². The number of thioether (sulfide) groups is 1. The summed E-state index contributed by atoms with van der Waals surface area (Å²) in [7, 11) is 7.74. The van der Waals surface area contributed by atoms with E-state index in [9.17, 15) is 9.90 Å². The molecule has 0 radical (unpaired) electrons. The van der Waals surface area contributed by atoms with E-state index in [0.717, 1.165) is 37.6 Å². The van der Waals surface area contributed by atoms with Gasteiger partial charge in [-0.15, -0.1) is 0 Å². The Bertz CT molecular complexity index is 1410. The average Bonchev–Trinajstić information content (AvgIpc) is 3.05. The van der Waals surface area contributed by atoms with Gasteiger partial charge in [0.15, 0.2) is 23.0 Å². The maximum Gasteiger partial charge on any atom is 0.237 e. The van der Waals surface area contributed by atoms with E-state index >= 15 is 0 Å². The Labute approximate surface area is 262 Å². The molecule has 4 rings (SSSR count). The maximum atomic E-state index is 13.8. The van der Waals surface area contributed by atoms with Crippen molar-refractivity contribution in [1.29, 1.82) is 0 Å². The highest BCUT2D eigenvalue weighted by atomic mass is 32.2. The van der Waals surface area contributed by atoms with Crippen LogP contribution < -0.4 is 33.5 Å². The van der Waals surface area contributed by atoms with Crippen molar-refractivity contribution in [1.82, 2.24) is 4.90 Å². The van der Waals surface area contributed by atoms with Crippen LogP contribution in [0.2, 0.25) is 0 Å². The van der Waals surface area contributed by atoms with Crippen molar-refractivity contribution in [3.05, 3.63) is 60.2 Å². The number of para-hydroxylation sites is 2. The molecule has 1 saturated heterocycles. The van der Waals surface area contributed by atoms with Gasteiger partial charge in [-0.1, -0.05) is 42.2 Å². The van der Waals surface area contributed by atoms with E-state index in [-0.39, 0.29) is 24.0 Å². The number of benzene rings is 3. The number of hydrogen-bond donors (Lipinski definition) is 1. The standard InChI is InChI=1S/C31H37N3O7S2/c1-37-25-9-7-6-8-23(25)32-12-14-33(15-13-32)31(42)43-20-29(36)34(19-21-10-11-26(38-2)24(35)16-21)22-17-27(39-3)30(41-5)28(18-22)40-4/h6-11,16-18,35H,12-15,19-20H2,1-5H3. The van der Waals surface area contributed by atoms with Crippen LogP contribution in [0.25, 0.3) is 0 Å². The van der Waals surface area contributed by atoms with Gasteiger partial charge in [-0.3, -0.25) is 4.79 Å². The normalized spacial score (nSPS) is 12.9. The van der Waals surface area contributed by atoms with E-state index < -0.39 is 0 Å². The monoisotopic (exact) mass is 627 g/mol. The Morgan fingerprint density at radius 3 is 2.05 bits per heavy atom. The summed E-state index contributed by atoms with van der Waals surface area (Å²) in [5.74, 6) is 2.38. The number of nitrogens with zero attached hydrogens (tertiary/aromatic N) is 3. The first kappa shape index (κ1) is 31.9. The van der Waals surface area contributed by atoms with Crippen LogP contribution in [0.3, 0.4) is 0 Å². The number of rotatable bonds is 11. The molecule has 1 N–H and O–H groups in total. The smallest absolute Gasteiger partial charge is 0.237 e. The van der Waals surface area contributed by atoms with Crippen LogP contribution in [0.1, 0.15) is 5.56 Å². The minimum Gasteiger partial charge on any atom is -0.504 e.